The Morgan fingerprint density at radius 3 is 2.76 bits per heavy atom. The zero-order chi connectivity index (χ0) is 14.5. The molecule has 2 aliphatic rings. The molecular formula is C17H26N2OS. The van der Waals surface area contributed by atoms with Gasteiger partial charge in [-0.15, -0.1) is 0 Å². The van der Waals surface area contributed by atoms with E-state index < -0.39 is 0 Å². The largest absolute Gasteiger partial charge is 0.342 e. The Labute approximate surface area is 131 Å². The molecule has 1 amide bonds. The van der Waals surface area contributed by atoms with E-state index in [1.165, 1.54) is 57.3 Å². The van der Waals surface area contributed by atoms with Gasteiger partial charge in [0, 0.05) is 19.6 Å². The Balaban J connectivity index is 1.47. The van der Waals surface area contributed by atoms with Gasteiger partial charge in [-0.3, -0.25) is 4.79 Å². The van der Waals surface area contributed by atoms with Crippen molar-refractivity contribution in [2.75, 3.05) is 32.7 Å². The molecule has 1 unspecified atom stereocenters. The van der Waals surface area contributed by atoms with Crippen LogP contribution in [0.15, 0.2) is 16.8 Å². The minimum Gasteiger partial charge on any atom is -0.342 e. The molecule has 0 N–H and O–H groups in total. The van der Waals surface area contributed by atoms with Crippen LogP contribution in [0.5, 0.6) is 0 Å². The summed E-state index contributed by atoms with van der Waals surface area (Å²) in [6.45, 7) is 5.75. The molecule has 0 saturated carbocycles. The van der Waals surface area contributed by atoms with Crippen LogP contribution >= 0.6 is 11.3 Å². The summed E-state index contributed by atoms with van der Waals surface area (Å²) < 4.78 is 0. The highest BCUT2D eigenvalue weighted by Gasteiger charge is 2.23. The lowest BCUT2D eigenvalue weighted by Gasteiger charge is -2.23. The molecule has 3 nitrogen and oxygen atoms in total. The number of carbonyl (C=O) groups is 1. The van der Waals surface area contributed by atoms with E-state index in [9.17, 15) is 4.79 Å². The summed E-state index contributed by atoms with van der Waals surface area (Å²) in [5, 5.41) is 4.14. The highest BCUT2D eigenvalue weighted by atomic mass is 32.1. The summed E-state index contributed by atoms with van der Waals surface area (Å²) in [5.74, 6) is 1.11. The molecule has 0 aromatic carbocycles. The standard InChI is InChI=1S/C17H26N2OS/c20-17(12-16-6-11-21-14-16)19-9-3-4-15(5-10-19)13-18-7-1-2-8-18/h6,11,14-15H,1-5,7-10,12-13H2. The van der Waals surface area contributed by atoms with Gasteiger partial charge in [-0.1, -0.05) is 0 Å². The van der Waals surface area contributed by atoms with Gasteiger partial charge in [-0.05, 0) is 73.5 Å². The monoisotopic (exact) mass is 306 g/mol. The van der Waals surface area contributed by atoms with Gasteiger partial charge >= 0.3 is 0 Å². The van der Waals surface area contributed by atoms with Gasteiger partial charge in [0.1, 0.15) is 0 Å². The number of carbonyl (C=O) groups excluding carboxylic acids is 1. The smallest absolute Gasteiger partial charge is 0.227 e. The van der Waals surface area contributed by atoms with Gasteiger partial charge < -0.3 is 9.80 Å². The predicted octanol–water partition coefficient (Wildman–Crippen LogP) is 3.02. The van der Waals surface area contributed by atoms with Crippen LogP contribution in [0.2, 0.25) is 0 Å². The van der Waals surface area contributed by atoms with E-state index in [0.717, 1.165) is 19.0 Å². The molecule has 1 aromatic heterocycles. The molecule has 0 spiro atoms. The quantitative estimate of drug-likeness (QED) is 0.854. The Morgan fingerprint density at radius 2 is 2.00 bits per heavy atom. The second kappa shape index (κ2) is 7.41. The van der Waals surface area contributed by atoms with E-state index in [-0.39, 0.29) is 0 Å². The lowest BCUT2D eigenvalue weighted by atomic mass is 10.0. The SMILES string of the molecule is O=C(Cc1ccsc1)N1CCCC(CN2CCCC2)CC1. The number of rotatable bonds is 4. The maximum atomic E-state index is 12.4. The molecule has 0 bridgehead atoms. The van der Waals surface area contributed by atoms with Crippen molar-refractivity contribution in [2.24, 2.45) is 5.92 Å². The summed E-state index contributed by atoms with van der Waals surface area (Å²) >= 11 is 1.67. The average molecular weight is 306 g/mol. The Morgan fingerprint density at radius 1 is 1.14 bits per heavy atom. The number of hydrogen-bond donors (Lipinski definition) is 0. The van der Waals surface area contributed by atoms with Gasteiger partial charge in [0.05, 0.1) is 6.42 Å². The van der Waals surface area contributed by atoms with E-state index in [4.69, 9.17) is 0 Å². The fraction of sp³-hybridized carbons (Fsp3) is 0.706. The van der Waals surface area contributed by atoms with Crippen molar-refractivity contribution in [2.45, 2.75) is 38.5 Å². The molecule has 2 fully saturated rings. The van der Waals surface area contributed by atoms with Crippen LogP contribution in [0.25, 0.3) is 0 Å². The first-order valence-corrected chi connectivity index (χ1v) is 9.27. The third-order valence-electron chi connectivity index (χ3n) is 4.85. The fourth-order valence-electron chi connectivity index (χ4n) is 3.61. The summed E-state index contributed by atoms with van der Waals surface area (Å²) in [6.07, 6.45) is 6.98. The van der Waals surface area contributed by atoms with Crippen molar-refractivity contribution in [3.63, 3.8) is 0 Å². The molecule has 0 aliphatic carbocycles. The Kier molecular flexibility index (Phi) is 5.31. The normalized spacial score (nSPS) is 24.2. The van der Waals surface area contributed by atoms with E-state index >= 15 is 0 Å². The summed E-state index contributed by atoms with van der Waals surface area (Å²) in [5.41, 5.74) is 1.17. The highest BCUT2D eigenvalue weighted by molar-refractivity contribution is 7.07. The minimum absolute atomic E-state index is 0.315. The van der Waals surface area contributed by atoms with Crippen molar-refractivity contribution in [1.29, 1.82) is 0 Å². The van der Waals surface area contributed by atoms with Crippen LogP contribution in [-0.2, 0) is 11.2 Å². The van der Waals surface area contributed by atoms with Crippen LogP contribution in [0.1, 0.15) is 37.7 Å². The molecule has 1 atom stereocenters. The average Bonchev–Trinajstić information content (AvgIpc) is 3.11. The van der Waals surface area contributed by atoms with Crippen LogP contribution in [0.3, 0.4) is 0 Å². The maximum absolute atomic E-state index is 12.4. The first-order chi connectivity index (χ1) is 10.3. The van der Waals surface area contributed by atoms with Crippen molar-refractivity contribution in [3.05, 3.63) is 22.4 Å². The van der Waals surface area contributed by atoms with Crippen molar-refractivity contribution >= 4 is 17.2 Å². The van der Waals surface area contributed by atoms with Gasteiger partial charge in [0.25, 0.3) is 0 Å². The van der Waals surface area contributed by atoms with Gasteiger partial charge in [-0.2, -0.15) is 11.3 Å². The minimum atomic E-state index is 0.315. The molecule has 1 aromatic rings. The summed E-state index contributed by atoms with van der Waals surface area (Å²) in [7, 11) is 0. The number of thiophene rings is 1. The molecule has 116 valence electrons. The lowest BCUT2D eigenvalue weighted by molar-refractivity contribution is -0.130. The number of likely N-dealkylation sites (tertiary alicyclic amines) is 2. The lowest BCUT2D eigenvalue weighted by Crippen LogP contribution is -2.33. The first kappa shape index (κ1) is 15.0. The zero-order valence-corrected chi connectivity index (χ0v) is 13.6. The highest BCUT2D eigenvalue weighted by Crippen LogP contribution is 2.21. The number of nitrogens with zero attached hydrogens (tertiary/aromatic N) is 2. The van der Waals surface area contributed by atoms with Gasteiger partial charge in [0.2, 0.25) is 5.91 Å². The van der Waals surface area contributed by atoms with Gasteiger partial charge in [-0.25, -0.2) is 0 Å². The van der Waals surface area contributed by atoms with Crippen LogP contribution in [0, 0.1) is 5.92 Å². The van der Waals surface area contributed by atoms with Crippen LogP contribution < -0.4 is 0 Å². The van der Waals surface area contributed by atoms with E-state index in [1.54, 1.807) is 11.3 Å². The molecule has 2 saturated heterocycles. The third-order valence-corrected chi connectivity index (χ3v) is 5.58. The number of amides is 1. The maximum Gasteiger partial charge on any atom is 0.227 e. The molecule has 3 heterocycles. The Bertz CT molecular complexity index is 440. The summed E-state index contributed by atoms with van der Waals surface area (Å²) in [6, 6.07) is 2.07. The number of hydrogen-bond acceptors (Lipinski definition) is 3. The molecule has 4 heteroatoms. The first-order valence-electron chi connectivity index (χ1n) is 8.32. The molecule has 3 rings (SSSR count). The fourth-order valence-corrected chi connectivity index (χ4v) is 4.28. The van der Waals surface area contributed by atoms with Crippen molar-refractivity contribution < 1.29 is 4.79 Å². The van der Waals surface area contributed by atoms with E-state index in [1.807, 2.05) is 0 Å². The summed E-state index contributed by atoms with van der Waals surface area (Å²) in [4.78, 5) is 17.1. The van der Waals surface area contributed by atoms with E-state index in [2.05, 4.69) is 26.6 Å². The topological polar surface area (TPSA) is 23.6 Å². The molecular weight excluding hydrogens is 280 g/mol. The Hall–Kier alpha value is -0.870. The molecule has 21 heavy (non-hydrogen) atoms. The second-order valence-corrected chi connectivity index (χ2v) is 7.27. The van der Waals surface area contributed by atoms with Gasteiger partial charge in [0.15, 0.2) is 0 Å². The van der Waals surface area contributed by atoms with Crippen molar-refractivity contribution in [1.82, 2.24) is 9.80 Å². The second-order valence-electron chi connectivity index (χ2n) is 6.49. The molecule has 2 aliphatic heterocycles. The van der Waals surface area contributed by atoms with Crippen LogP contribution in [0.4, 0.5) is 0 Å². The van der Waals surface area contributed by atoms with Crippen LogP contribution in [-0.4, -0.2) is 48.4 Å². The molecule has 0 radical (unpaired) electrons. The zero-order valence-electron chi connectivity index (χ0n) is 12.8. The van der Waals surface area contributed by atoms with Crippen molar-refractivity contribution in [3.8, 4) is 0 Å². The third kappa shape index (κ3) is 4.30. The predicted molar refractivity (Wildman–Crippen MR) is 87.6 cm³/mol. The van der Waals surface area contributed by atoms with E-state index in [0.29, 0.717) is 12.3 Å².